The number of ether oxygens (including phenoxy) is 1. The van der Waals surface area contributed by atoms with Crippen LogP contribution in [0.2, 0.25) is 0 Å². The van der Waals surface area contributed by atoms with Crippen molar-refractivity contribution in [2.75, 3.05) is 38.7 Å². The van der Waals surface area contributed by atoms with E-state index in [0.717, 1.165) is 36.4 Å². The lowest BCUT2D eigenvalue weighted by Gasteiger charge is -2.40. The maximum Gasteiger partial charge on any atom is 0.417 e. The number of carbonyl (C=O) groups excluding carboxylic acids is 2. The summed E-state index contributed by atoms with van der Waals surface area (Å²) in [5, 5.41) is 26.7. The number of anilines is 1. The summed E-state index contributed by atoms with van der Waals surface area (Å²) in [5.74, 6) is -2.79. The maximum atomic E-state index is 14.0. The molecule has 0 aliphatic carbocycles. The van der Waals surface area contributed by atoms with Gasteiger partial charge in [-0.3, -0.25) is 9.59 Å². The zero-order chi connectivity index (χ0) is 38.4. The van der Waals surface area contributed by atoms with E-state index in [9.17, 15) is 45.9 Å². The molecule has 10 nitrogen and oxygen atoms in total. The van der Waals surface area contributed by atoms with E-state index in [-0.39, 0.29) is 48.8 Å². The number of rotatable bonds is 12. The van der Waals surface area contributed by atoms with Gasteiger partial charge in [0.25, 0.3) is 11.8 Å². The van der Waals surface area contributed by atoms with Crippen molar-refractivity contribution in [3.05, 3.63) is 119 Å². The number of methoxy groups -OCH3 is 1. The topological polar surface area (TPSA) is 149 Å². The van der Waals surface area contributed by atoms with Gasteiger partial charge in [0.15, 0.2) is 0 Å². The lowest BCUT2D eigenvalue weighted by Crippen LogP contribution is -2.54. The summed E-state index contributed by atoms with van der Waals surface area (Å²) >= 11 is 0. The maximum absolute atomic E-state index is 14.0. The molecule has 4 aromatic rings. The van der Waals surface area contributed by atoms with Crippen LogP contribution in [-0.4, -0.2) is 68.6 Å². The molecule has 1 fully saturated rings. The molecular formula is C38H36F4N4O6S. The Balaban J connectivity index is 1.44. The monoisotopic (exact) mass is 752 g/mol. The third-order valence-corrected chi connectivity index (χ3v) is 11.0. The van der Waals surface area contributed by atoms with E-state index >= 15 is 0 Å². The first-order chi connectivity index (χ1) is 25.1. The Labute approximate surface area is 304 Å². The average Bonchev–Trinajstić information content (AvgIpc) is 3.15. The van der Waals surface area contributed by atoms with Gasteiger partial charge in [0.2, 0.25) is 10.0 Å². The highest BCUT2D eigenvalue weighted by molar-refractivity contribution is 7.89. The van der Waals surface area contributed by atoms with E-state index in [1.54, 1.807) is 48.5 Å². The molecule has 53 heavy (non-hydrogen) atoms. The number of sulfonamides is 1. The molecule has 0 saturated carbocycles. The van der Waals surface area contributed by atoms with Crippen LogP contribution < -0.4 is 10.6 Å². The zero-order valence-corrected chi connectivity index (χ0v) is 29.3. The van der Waals surface area contributed by atoms with Crippen LogP contribution in [0.15, 0.2) is 95.9 Å². The normalized spacial score (nSPS) is 15.3. The van der Waals surface area contributed by atoms with Crippen LogP contribution >= 0.6 is 0 Å². The van der Waals surface area contributed by atoms with E-state index in [1.165, 1.54) is 17.5 Å². The third-order valence-electron chi connectivity index (χ3n) is 9.13. The predicted octanol–water partition coefficient (Wildman–Crippen LogP) is 5.77. The predicted molar refractivity (Wildman–Crippen MR) is 187 cm³/mol. The van der Waals surface area contributed by atoms with Gasteiger partial charge in [-0.2, -0.15) is 22.7 Å². The number of aliphatic hydroxyl groups is 1. The number of alkyl halides is 3. The number of hydrogen-bond acceptors (Lipinski definition) is 7. The second kappa shape index (κ2) is 16.3. The SMILES string of the molecule is COCCNC(=O)c1cccc(-c2cccc(CC(O)(C(=O)Nc3ccc(C#N)c(C(F)(F)F)c3)C3CCN(S(=O)(=O)c4ccc(F)cc4)CC3)c2)c1. The molecule has 0 spiro atoms. The van der Waals surface area contributed by atoms with Crippen molar-refractivity contribution in [1.29, 1.82) is 5.26 Å². The number of hydrogen-bond donors (Lipinski definition) is 3. The Morgan fingerprint density at radius 2 is 1.62 bits per heavy atom. The van der Waals surface area contributed by atoms with Gasteiger partial charge in [-0.05, 0) is 90.0 Å². The number of nitrogens with zero attached hydrogens (tertiary/aromatic N) is 2. The zero-order valence-electron chi connectivity index (χ0n) is 28.5. The first-order valence-electron chi connectivity index (χ1n) is 16.5. The number of carbonyl (C=O) groups is 2. The molecule has 278 valence electrons. The van der Waals surface area contributed by atoms with Gasteiger partial charge in [0.1, 0.15) is 11.4 Å². The molecule has 0 bridgehead atoms. The van der Waals surface area contributed by atoms with E-state index in [2.05, 4.69) is 10.6 Å². The molecule has 0 radical (unpaired) electrons. The molecule has 1 heterocycles. The summed E-state index contributed by atoms with van der Waals surface area (Å²) in [6, 6.07) is 22.2. The number of piperidine rings is 1. The van der Waals surface area contributed by atoms with E-state index in [1.807, 2.05) is 0 Å². The van der Waals surface area contributed by atoms with Gasteiger partial charge >= 0.3 is 6.18 Å². The number of amides is 2. The Bertz CT molecular complexity index is 2110. The molecule has 2 amide bonds. The lowest BCUT2D eigenvalue weighted by atomic mass is 9.76. The summed E-state index contributed by atoms with van der Waals surface area (Å²) in [6.07, 6.45) is -5.19. The van der Waals surface area contributed by atoms with Crippen molar-refractivity contribution in [2.24, 2.45) is 5.92 Å². The molecule has 1 aliphatic heterocycles. The molecule has 1 atom stereocenters. The fourth-order valence-corrected chi connectivity index (χ4v) is 7.78. The van der Waals surface area contributed by atoms with E-state index < -0.39 is 50.6 Å². The van der Waals surface area contributed by atoms with Gasteiger partial charge in [0, 0.05) is 44.4 Å². The van der Waals surface area contributed by atoms with Crippen molar-refractivity contribution in [3.8, 4) is 17.2 Å². The molecular weight excluding hydrogens is 716 g/mol. The minimum Gasteiger partial charge on any atom is -0.383 e. The standard InChI is InChI=1S/C38H36F4N4O6S/c1-52-19-16-44-35(47)28-7-3-6-27(21-28)26-5-2-4-25(20-26)23-37(49,36(48)45-32-11-8-29(24-43)34(22-32)38(40,41)42)30-14-17-46(18-15-30)53(50,51)33-12-9-31(39)10-13-33/h2-13,20-22,30,49H,14-19,23H2,1H3,(H,44,47)(H,45,48). The summed E-state index contributed by atoms with van der Waals surface area (Å²) in [5.41, 5.74) is -2.27. The van der Waals surface area contributed by atoms with Gasteiger partial charge in [-0.1, -0.05) is 36.4 Å². The lowest BCUT2D eigenvalue weighted by molar-refractivity contribution is -0.142. The molecule has 5 rings (SSSR count). The highest BCUT2D eigenvalue weighted by Gasteiger charge is 2.46. The summed E-state index contributed by atoms with van der Waals surface area (Å²) in [6.45, 7) is 0.442. The number of nitriles is 1. The molecule has 1 saturated heterocycles. The van der Waals surface area contributed by atoms with Crippen LogP contribution in [0.3, 0.4) is 0 Å². The van der Waals surface area contributed by atoms with Gasteiger partial charge < -0.3 is 20.5 Å². The molecule has 4 aromatic carbocycles. The summed E-state index contributed by atoms with van der Waals surface area (Å²) in [4.78, 5) is 26.6. The van der Waals surface area contributed by atoms with Crippen LogP contribution in [-0.2, 0) is 32.2 Å². The highest BCUT2D eigenvalue weighted by atomic mass is 32.2. The average molecular weight is 753 g/mol. The molecule has 1 aliphatic rings. The van der Waals surface area contributed by atoms with Crippen LogP contribution in [0, 0.1) is 23.1 Å². The summed E-state index contributed by atoms with van der Waals surface area (Å²) < 4.78 is 87.5. The van der Waals surface area contributed by atoms with Gasteiger partial charge in [-0.25, -0.2) is 12.8 Å². The molecule has 15 heteroatoms. The number of benzene rings is 4. The largest absolute Gasteiger partial charge is 0.417 e. The third kappa shape index (κ3) is 9.09. The van der Waals surface area contributed by atoms with E-state index in [0.29, 0.717) is 41.5 Å². The van der Waals surface area contributed by atoms with Crippen molar-refractivity contribution in [3.63, 3.8) is 0 Å². The minimum atomic E-state index is -4.90. The Morgan fingerprint density at radius 3 is 2.26 bits per heavy atom. The van der Waals surface area contributed by atoms with Crippen molar-refractivity contribution in [2.45, 2.75) is 35.9 Å². The first kappa shape index (κ1) is 39.1. The van der Waals surface area contributed by atoms with Crippen molar-refractivity contribution in [1.82, 2.24) is 9.62 Å². The number of halogens is 4. The molecule has 1 unspecified atom stereocenters. The Hall–Kier alpha value is -5.14. The van der Waals surface area contributed by atoms with Gasteiger partial charge in [-0.15, -0.1) is 0 Å². The second-order valence-corrected chi connectivity index (χ2v) is 14.5. The van der Waals surface area contributed by atoms with Crippen molar-refractivity contribution < 1.29 is 45.4 Å². The summed E-state index contributed by atoms with van der Waals surface area (Å²) in [7, 11) is -2.52. The quantitative estimate of drug-likeness (QED) is 0.123. The molecule has 0 aromatic heterocycles. The van der Waals surface area contributed by atoms with E-state index in [4.69, 9.17) is 4.74 Å². The minimum absolute atomic E-state index is 0.00539. The Kier molecular flexibility index (Phi) is 12.0. The fourth-order valence-electron chi connectivity index (χ4n) is 6.31. The van der Waals surface area contributed by atoms with Crippen LogP contribution in [0.4, 0.5) is 23.2 Å². The highest BCUT2D eigenvalue weighted by Crippen LogP contribution is 2.37. The van der Waals surface area contributed by atoms with Crippen LogP contribution in [0.25, 0.3) is 11.1 Å². The van der Waals surface area contributed by atoms with Crippen LogP contribution in [0.1, 0.15) is 39.9 Å². The van der Waals surface area contributed by atoms with Gasteiger partial charge in [0.05, 0.1) is 28.7 Å². The second-order valence-electron chi connectivity index (χ2n) is 12.6. The first-order valence-corrected chi connectivity index (χ1v) is 18.0. The molecule has 3 N–H and O–H groups in total. The van der Waals surface area contributed by atoms with Crippen LogP contribution in [0.5, 0.6) is 0 Å². The van der Waals surface area contributed by atoms with Crippen molar-refractivity contribution >= 4 is 27.5 Å². The number of nitrogens with one attached hydrogen (secondary N) is 2. The fraction of sp³-hybridized carbons (Fsp3) is 0.289. The Morgan fingerprint density at radius 1 is 0.962 bits per heavy atom. The smallest absolute Gasteiger partial charge is 0.383 e.